The number of thiazole rings is 1. The lowest BCUT2D eigenvalue weighted by Gasteiger charge is -2.07. The molecule has 3 nitrogen and oxygen atoms in total. The fourth-order valence-corrected chi connectivity index (χ4v) is 2.68. The van der Waals surface area contributed by atoms with Crippen molar-refractivity contribution >= 4 is 17.6 Å². The number of hydrogen-bond acceptors (Lipinski definition) is 4. The SMILES string of the molecule is CCc1ccc(OC)c(-c2nc(C)c(C=O)s2)c1. The summed E-state index contributed by atoms with van der Waals surface area (Å²) < 4.78 is 5.36. The van der Waals surface area contributed by atoms with Crippen molar-refractivity contribution in [3.63, 3.8) is 0 Å². The lowest BCUT2D eigenvalue weighted by molar-refractivity contribution is 0.112. The number of carbonyl (C=O) groups excluding carboxylic acids is 1. The van der Waals surface area contributed by atoms with Crippen LogP contribution in [0.5, 0.6) is 5.75 Å². The summed E-state index contributed by atoms with van der Waals surface area (Å²) in [5.41, 5.74) is 2.96. The van der Waals surface area contributed by atoms with Crippen molar-refractivity contribution in [2.24, 2.45) is 0 Å². The summed E-state index contributed by atoms with van der Waals surface area (Å²) in [5.74, 6) is 0.790. The summed E-state index contributed by atoms with van der Waals surface area (Å²) in [6.45, 7) is 3.95. The van der Waals surface area contributed by atoms with E-state index < -0.39 is 0 Å². The minimum absolute atomic E-state index is 0.675. The number of rotatable bonds is 4. The van der Waals surface area contributed by atoms with Gasteiger partial charge in [-0.1, -0.05) is 13.0 Å². The quantitative estimate of drug-likeness (QED) is 0.791. The summed E-state index contributed by atoms with van der Waals surface area (Å²) in [5, 5.41) is 0.835. The molecule has 0 bridgehead atoms. The monoisotopic (exact) mass is 261 g/mol. The van der Waals surface area contributed by atoms with Gasteiger partial charge in [0.05, 0.1) is 23.2 Å². The lowest BCUT2D eigenvalue weighted by atomic mass is 10.1. The fraction of sp³-hybridized carbons (Fsp3) is 0.286. The van der Waals surface area contributed by atoms with E-state index in [4.69, 9.17) is 4.74 Å². The highest BCUT2D eigenvalue weighted by Gasteiger charge is 2.13. The zero-order valence-electron chi connectivity index (χ0n) is 10.7. The van der Waals surface area contributed by atoms with Gasteiger partial charge in [-0.3, -0.25) is 4.79 Å². The molecule has 0 fully saturated rings. The third-order valence-electron chi connectivity index (χ3n) is 2.84. The van der Waals surface area contributed by atoms with Gasteiger partial charge in [0.1, 0.15) is 10.8 Å². The molecule has 0 spiro atoms. The summed E-state index contributed by atoms with van der Waals surface area (Å²) in [6, 6.07) is 6.07. The first kappa shape index (κ1) is 12.8. The fourth-order valence-electron chi connectivity index (χ4n) is 1.77. The van der Waals surface area contributed by atoms with Crippen LogP contribution in [0, 0.1) is 6.92 Å². The number of benzene rings is 1. The third-order valence-corrected chi connectivity index (χ3v) is 3.96. The smallest absolute Gasteiger partial charge is 0.161 e. The molecule has 4 heteroatoms. The molecular formula is C14H15NO2S. The molecule has 0 saturated carbocycles. The van der Waals surface area contributed by atoms with E-state index in [0.717, 1.165) is 34.7 Å². The van der Waals surface area contributed by atoms with Gasteiger partial charge in [0, 0.05) is 0 Å². The highest BCUT2D eigenvalue weighted by Crippen LogP contribution is 2.34. The molecule has 1 aromatic carbocycles. The second-order valence-electron chi connectivity index (χ2n) is 3.97. The highest BCUT2D eigenvalue weighted by atomic mass is 32.1. The maximum absolute atomic E-state index is 10.9. The molecule has 0 aliphatic heterocycles. The maximum atomic E-state index is 10.9. The molecule has 18 heavy (non-hydrogen) atoms. The molecule has 0 atom stereocenters. The molecule has 2 rings (SSSR count). The van der Waals surface area contributed by atoms with Crippen LogP contribution in [0.15, 0.2) is 18.2 Å². The van der Waals surface area contributed by atoms with E-state index in [2.05, 4.69) is 18.0 Å². The molecule has 0 aliphatic rings. The Kier molecular flexibility index (Phi) is 3.77. The van der Waals surface area contributed by atoms with E-state index in [9.17, 15) is 4.79 Å². The van der Waals surface area contributed by atoms with Crippen LogP contribution in [-0.2, 0) is 6.42 Å². The lowest BCUT2D eigenvalue weighted by Crippen LogP contribution is -1.90. The van der Waals surface area contributed by atoms with Crippen LogP contribution in [0.25, 0.3) is 10.6 Å². The van der Waals surface area contributed by atoms with E-state index in [1.807, 2.05) is 19.1 Å². The molecule has 0 aliphatic carbocycles. The number of hydrogen-bond donors (Lipinski definition) is 0. The molecule has 2 aromatic rings. The van der Waals surface area contributed by atoms with Gasteiger partial charge in [0.15, 0.2) is 6.29 Å². The predicted molar refractivity (Wildman–Crippen MR) is 73.6 cm³/mol. The second-order valence-corrected chi connectivity index (χ2v) is 5.01. The molecule has 0 amide bonds. The third kappa shape index (κ3) is 2.29. The Morgan fingerprint density at radius 1 is 1.44 bits per heavy atom. The van der Waals surface area contributed by atoms with Gasteiger partial charge in [0.25, 0.3) is 0 Å². The van der Waals surface area contributed by atoms with E-state index in [1.165, 1.54) is 16.9 Å². The van der Waals surface area contributed by atoms with Crippen LogP contribution in [0.3, 0.4) is 0 Å². The number of aromatic nitrogens is 1. The van der Waals surface area contributed by atoms with Gasteiger partial charge in [-0.25, -0.2) is 4.98 Å². The average Bonchev–Trinajstić information content (AvgIpc) is 2.79. The summed E-state index contributed by atoms with van der Waals surface area (Å²) in [4.78, 5) is 16.0. The first-order valence-electron chi connectivity index (χ1n) is 5.79. The van der Waals surface area contributed by atoms with Crippen molar-refractivity contribution in [2.75, 3.05) is 7.11 Å². The van der Waals surface area contributed by atoms with Gasteiger partial charge < -0.3 is 4.74 Å². The number of aryl methyl sites for hydroxylation is 2. The Hall–Kier alpha value is -1.68. The van der Waals surface area contributed by atoms with Crippen molar-refractivity contribution in [3.8, 4) is 16.3 Å². The second kappa shape index (κ2) is 5.31. The highest BCUT2D eigenvalue weighted by molar-refractivity contribution is 7.16. The van der Waals surface area contributed by atoms with Gasteiger partial charge in [0.2, 0.25) is 0 Å². The first-order valence-corrected chi connectivity index (χ1v) is 6.61. The minimum atomic E-state index is 0.675. The molecule has 0 radical (unpaired) electrons. The number of methoxy groups -OCH3 is 1. The summed E-state index contributed by atoms with van der Waals surface area (Å²) >= 11 is 1.40. The Morgan fingerprint density at radius 3 is 2.78 bits per heavy atom. The number of aldehydes is 1. The van der Waals surface area contributed by atoms with E-state index >= 15 is 0 Å². The standard InChI is InChI=1S/C14H15NO2S/c1-4-10-5-6-12(17-3)11(7-10)14-15-9(2)13(8-16)18-14/h5-8H,4H2,1-3H3. The molecule has 0 N–H and O–H groups in total. The van der Waals surface area contributed by atoms with E-state index in [-0.39, 0.29) is 0 Å². The van der Waals surface area contributed by atoms with Gasteiger partial charge in [-0.05, 0) is 31.0 Å². The van der Waals surface area contributed by atoms with Crippen LogP contribution < -0.4 is 4.74 Å². The number of ether oxygens (including phenoxy) is 1. The molecule has 0 saturated heterocycles. The van der Waals surface area contributed by atoms with Crippen LogP contribution in [0.1, 0.15) is 27.9 Å². The van der Waals surface area contributed by atoms with Crippen molar-refractivity contribution in [3.05, 3.63) is 34.3 Å². The maximum Gasteiger partial charge on any atom is 0.161 e. The molecule has 0 unspecified atom stereocenters. The van der Waals surface area contributed by atoms with E-state index in [1.54, 1.807) is 7.11 Å². The topological polar surface area (TPSA) is 39.2 Å². The Balaban J connectivity index is 2.56. The van der Waals surface area contributed by atoms with Crippen LogP contribution in [-0.4, -0.2) is 18.4 Å². The Labute approximate surface area is 110 Å². The van der Waals surface area contributed by atoms with Gasteiger partial charge in [-0.2, -0.15) is 0 Å². The van der Waals surface area contributed by atoms with Crippen molar-refractivity contribution in [2.45, 2.75) is 20.3 Å². The largest absolute Gasteiger partial charge is 0.496 e. The van der Waals surface area contributed by atoms with Crippen LogP contribution in [0.2, 0.25) is 0 Å². The predicted octanol–water partition coefficient (Wildman–Crippen LogP) is 3.50. The number of nitrogens with zero attached hydrogens (tertiary/aromatic N) is 1. The Bertz CT molecular complexity index is 575. The Morgan fingerprint density at radius 2 is 2.22 bits per heavy atom. The molecular weight excluding hydrogens is 246 g/mol. The van der Waals surface area contributed by atoms with Crippen LogP contribution >= 0.6 is 11.3 Å². The van der Waals surface area contributed by atoms with Crippen LogP contribution in [0.4, 0.5) is 0 Å². The van der Waals surface area contributed by atoms with E-state index in [0.29, 0.717) is 4.88 Å². The molecule has 94 valence electrons. The number of carbonyl (C=O) groups is 1. The molecule has 1 aromatic heterocycles. The zero-order valence-corrected chi connectivity index (χ0v) is 11.5. The van der Waals surface area contributed by atoms with Gasteiger partial charge in [-0.15, -0.1) is 11.3 Å². The van der Waals surface area contributed by atoms with Gasteiger partial charge >= 0.3 is 0 Å². The normalized spacial score (nSPS) is 10.4. The average molecular weight is 261 g/mol. The summed E-state index contributed by atoms with van der Waals surface area (Å²) in [6.07, 6.45) is 1.81. The van der Waals surface area contributed by atoms with Crippen molar-refractivity contribution < 1.29 is 9.53 Å². The van der Waals surface area contributed by atoms with Crippen molar-refractivity contribution in [1.82, 2.24) is 4.98 Å². The minimum Gasteiger partial charge on any atom is -0.496 e. The first-order chi connectivity index (χ1) is 8.69. The van der Waals surface area contributed by atoms with Crippen molar-refractivity contribution in [1.29, 1.82) is 0 Å². The zero-order chi connectivity index (χ0) is 13.1. The molecule has 1 heterocycles. The summed E-state index contributed by atoms with van der Waals surface area (Å²) in [7, 11) is 1.64.